The summed E-state index contributed by atoms with van der Waals surface area (Å²) in [7, 11) is 0.776. The summed E-state index contributed by atoms with van der Waals surface area (Å²) in [6.45, 7) is 6.34. The van der Waals surface area contributed by atoms with E-state index in [0.717, 1.165) is 0 Å². The van der Waals surface area contributed by atoms with Crippen LogP contribution in [0.15, 0.2) is 0 Å². The first-order valence-corrected chi connectivity index (χ1v) is 6.33. The third kappa shape index (κ3) is 4.96. The predicted octanol–water partition coefficient (Wildman–Crippen LogP) is 1.76. The zero-order chi connectivity index (χ0) is 7.98. The molecule has 0 spiro atoms. The summed E-state index contributed by atoms with van der Waals surface area (Å²) in [5.74, 6) is 0. The van der Waals surface area contributed by atoms with Crippen molar-refractivity contribution >= 4 is 9.04 Å². The second-order valence-electron chi connectivity index (χ2n) is 2.54. The molecule has 0 aliphatic carbocycles. The molecule has 0 rings (SSSR count). The molecule has 0 aliphatic heterocycles. The molecule has 0 aromatic carbocycles. The molecule has 0 N–H and O–H groups in total. The lowest BCUT2D eigenvalue weighted by atomic mass is 10.6. The van der Waals surface area contributed by atoms with E-state index in [9.17, 15) is 0 Å². The van der Waals surface area contributed by atoms with E-state index in [1.807, 2.05) is 6.92 Å². The van der Waals surface area contributed by atoms with Crippen LogP contribution < -0.4 is 0 Å². The van der Waals surface area contributed by atoms with Crippen LogP contribution in [0.1, 0.15) is 20.3 Å². The fraction of sp³-hybridized carbons (Fsp3) is 1.00. The zero-order valence-electron chi connectivity index (χ0n) is 7.39. The molecule has 0 saturated heterocycles. The molecule has 0 aromatic heterocycles. The van der Waals surface area contributed by atoms with Gasteiger partial charge in [0.15, 0.2) is 9.04 Å². The van der Waals surface area contributed by atoms with Gasteiger partial charge in [-0.15, -0.1) is 0 Å². The first kappa shape index (κ1) is 10.1. The number of hydrogen-bond donors (Lipinski definition) is 0. The van der Waals surface area contributed by atoms with E-state index < -0.39 is 9.04 Å². The van der Waals surface area contributed by atoms with Crippen molar-refractivity contribution in [2.45, 2.75) is 39.1 Å². The third-order valence-electron chi connectivity index (χ3n) is 1.45. The molecule has 10 heavy (non-hydrogen) atoms. The Morgan fingerprint density at radius 3 is 2.50 bits per heavy atom. The molecule has 0 radical (unpaired) electrons. The van der Waals surface area contributed by atoms with E-state index in [2.05, 4.69) is 13.5 Å². The van der Waals surface area contributed by atoms with Crippen molar-refractivity contribution in [1.82, 2.24) is 0 Å². The Kier molecular flexibility index (Phi) is 5.97. The highest BCUT2D eigenvalue weighted by molar-refractivity contribution is 6.50. The van der Waals surface area contributed by atoms with Crippen LogP contribution in [0.3, 0.4) is 0 Å². The Bertz CT molecular complexity index is 78.0. The molecule has 2 unspecified atom stereocenters. The maximum Gasteiger partial charge on any atom is 0.177 e. The molecule has 0 heterocycles. The molecule has 3 heteroatoms. The van der Waals surface area contributed by atoms with Crippen LogP contribution >= 0.6 is 0 Å². The minimum absolute atomic E-state index is 0.00628. The van der Waals surface area contributed by atoms with Gasteiger partial charge in [0.2, 0.25) is 0 Å². The lowest BCUT2D eigenvalue weighted by molar-refractivity contribution is -0.0407. The molecular formula is C7H18O2Si. The maximum atomic E-state index is 5.56. The van der Waals surface area contributed by atoms with Gasteiger partial charge in [-0.1, -0.05) is 13.3 Å². The van der Waals surface area contributed by atoms with Crippen LogP contribution in [0, 0.1) is 0 Å². The standard InChI is InChI=1S/C7H18O2Si/c1-5-6-10(4)9-7(2)8-3/h7,10H,5-6H2,1-4H3. The van der Waals surface area contributed by atoms with Crippen molar-refractivity contribution in [3.8, 4) is 0 Å². The summed E-state index contributed by atoms with van der Waals surface area (Å²) >= 11 is 0. The van der Waals surface area contributed by atoms with E-state index in [-0.39, 0.29) is 6.29 Å². The predicted molar refractivity (Wildman–Crippen MR) is 45.7 cm³/mol. The summed E-state index contributed by atoms with van der Waals surface area (Å²) in [5.41, 5.74) is 0. The largest absolute Gasteiger partial charge is 0.396 e. The van der Waals surface area contributed by atoms with Crippen LogP contribution in [0.4, 0.5) is 0 Å². The van der Waals surface area contributed by atoms with Crippen molar-refractivity contribution < 1.29 is 9.16 Å². The van der Waals surface area contributed by atoms with Crippen molar-refractivity contribution in [3.05, 3.63) is 0 Å². The number of ether oxygens (including phenoxy) is 1. The summed E-state index contributed by atoms with van der Waals surface area (Å²) in [6, 6.07) is 1.24. The Labute approximate surface area is 65.3 Å². The van der Waals surface area contributed by atoms with Crippen molar-refractivity contribution in [3.63, 3.8) is 0 Å². The monoisotopic (exact) mass is 162 g/mol. The normalized spacial score (nSPS) is 16.8. The number of hydrogen-bond acceptors (Lipinski definition) is 2. The Morgan fingerprint density at radius 2 is 2.10 bits per heavy atom. The quantitative estimate of drug-likeness (QED) is 0.453. The highest BCUT2D eigenvalue weighted by atomic mass is 28.3. The molecule has 2 nitrogen and oxygen atoms in total. The lowest BCUT2D eigenvalue weighted by Gasteiger charge is -2.15. The first-order chi connectivity index (χ1) is 4.70. The van der Waals surface area contributed by atoms with Gasteiger partial charge in [0.25, 0.3) is 0 Å². The second-order valence-corrected chi connectivity index (χ2v) is 5.01. The fourth-order valence-corrected chi connectivity index (χ4v) is 2.57. The average Bonchev–Trinajstić information content (AvgIpc) is 1.88. The van der Waals surface area contributed by atoms with Gasteiger partial charge in [-0.05, 0) is 19.5 Å². The van der Waals surface area contributed by atoms with E-state index in [0.29, 0.717) is 0 Å². The second kappa shape index (κ2) is 5.89. The summed E-state index contributed by atoms with van der Waals surface area (Å²) in [5, 5.41) is 0. The Morgan fingerprint density at radius 1 is 1.50 bits per heavy atom. The molecule has 0 amide bonds. The highest BCUT2D eigenvalue weighted by Gasteiger charge is 2.06. The lowest BCUT2D eigenvalue weighted by Crippen LogP contribution is -2.21. The molecule has 62 valence electrons. The van der Waals surface area contributed by atoms with Gasteiger partial charge in [0.1, 0.15) is 6.29 Å². The van der Waals surface area contributed by atoms with E-state index in [1.54, 1.807) is 7.11 Å². The average molecular weight is 162 g/mol. The maximum absolute atomic E-state index is 5.56. The van der Waals surface area contributed by atoms with E-state index >= 15 is 0 Å². The number of methoxy groups -OCH3 is 1. The first-order valence-electron chi connectivity index (χ1n) is 3.89. The fourth-order valence-electron chi connectivity index (χ4n) is 0.857. The van der Waals surface area contributed by atoms with Gasteiger partial charge >= 0.3 is 0 Å². The highest BCUT2D eigenvalue weighted by Crippen LogP contribution is 2.02. The molecule has 0 aromatic rings. The van der Waals surface area contributed by atoms with Crippen LogP contribution in [0.5, 0.6) is 0 Å². The smallest absolute Gasteiger partial charge is 0.177 e. The van der Waals surface area contributed by atoms with Crippen LogP contribution in [-0.2, 0) is 9.16 Å². The van der Waals surface area contributed by atoms with E-state index in [1.165, 1.54) is 12.5 Å². The molecule has 0 aliphatic rings. The summed E-state index contributed by atoms with van der Waals surface area (Å²) in [6.07, 6.45) is 1.22. The van der Waals surface area contributed by atoms with Crippen molar-refractivity contribution in [2.24, 2.45) is 0 Å². The number of rotatable bonds is 5. The Hall–Kier alpha value is 0.137. The van der Waals surface area contributed by atoms with Crippen LogP contribution in [-0.4, -0.2) is 22.4 Å². The van der Waals surface area contributed by atoms with Crippen LogP contribution in [0.25, 0.3) is 0 Å². The molecule has 0 fully saturated rings. The molecule has 0 saturated carbocycles. The minimum atomic E-state index is -0.903. The van der Waals surface area contributed by atoms with Gasteiger partial charge in [-0.25, -0.2) is 0 Å². The van der Waals surface area contributed by atoms with Gasteiger partial charge in [0.05, 0.1) is 0 Å². The van der Waals surface area contributed by atoms with Crippen molar-refractivity contribution in [2.75, 3.05) is 7.11 Å². The van der Waals surface area contributed by atoms with E-state index in [4.69, 9.17) is 9.16 Å². The summed E-state index contributed by atoms with van der Waals surface area (Å²) in [4.78, 5) is 0. The van der Waals surface area contributed by atoms with Gasteiger partial charge in [-0.2, -0.15) is 0 Å². The Balaban J connectivity index is 3.27. The zero-order valence-corrected chi connectivity index (χ0v) is 8.54. The van der Waals surface area contributed by atoms with Gasteiger partial charge < -0.3 is 9.16 Å². The minimum Gasteiger partial charge on any atom is -0.396 e. The molecule has 2 atom stereocenters. The summed E-state index contributed by atoms with van der Waals surface area (Å²) < 4.78 is 10.5. The van der Waals surface area contributed by atoms with Crippen LogP contribution in [0.2, 0.25) is 12.6 Å². The third-order valence-corrected chi connectivity index (χ3v) is 3.69. The van der Waals surface area contributed by atoms with Gasteiger partial charge in [0, 0.05) is 7.11 Å². The van der Waals surface area contributed by atoms with Crippen molar-refractivity contribution in [1.29, 1.82) is 0 Å². The SMILES string of the molecule is CCC[SiH](C)OC(C)OC. The van der Waals surface area contributed by atoms with Gasteiger partial charge in [-0.3, -0.25) is 0 Å². The molecule has 0 bridgehead atoms. The topological polar surface area (TPSA) is 18.5 Å². The molecular weight excluding hydrogens is 144 g/mol.